The standard InChI is InChI=1S/C28H37N2O9P.2Na.2H/c1-17(2)27(34)38-20(5)39-28(35)30-19(4)40(36,37)16-24(25(31)29-18(3)26(32)33)15-21-11-13-23(14-12-21)22-9-7-6-8-10-22;;;;/h6-14,17-20,24H,15-16H2,1-5H3,(H,29,31)(H,30,35)(H,32,33)(H,36,37);;;;/t18-,19+,20?,24+;;;;/m0..../s1. The van der Waals surface area contributed by atoms with Crippen LogP contribution in [0.25, 0.3) is 11.1 Å². The van der Waals surface area contributed by atoms with Gasteiger partial charge in [-0.3, -0.25) is 18.9 Å². The Morgan fingerprint density at radius 2 is 1.38 bits per heavy atom. The molecule has 0 heterocycles. The molecule has 5 atom stereocenters. The van der Waals surface area contributed by atoms with Crippen molar-refractivity contribution in [1.29, 1.82) is 0 Å². The number of esters is 1. The van der Waals surface area contributed by atoms with E-state index in [2.05, 4.69) is 10.6 Å². The fourth-order valence-electron chi connectivity index (χ4n) is 3.64. The zero-order valence-corrected chi connectivity index (χ0v) is 24.1. The van der Waals surface area contributed by atoms with Gasteiger partial charge in [-0.25, -0.2) is 4.79 Å². The Hall–Kier alpha value is -1.69. The zero-order chi connectivity index (χ0) is 30.0. The molecule has 0 aliphatic rings. The van der Waals surface area contributed by atoms with Crippen LogP contribution in [0.5, 0.6) is 0 Å². The molecule has 42 heavy (non-hydrogen) atoms. The van der Waals surface area contributed by atoms with Crippen LogP contribution in [0.1, 0.15) is 40.2 Å². The van der Waals surface area contributed by atoms with Gasteiger partial charge in [-0.2, -0.15) is 0 Å². The number of carboxylic acid groups (broad SMARTS) is 1. The van der Waals surface area contributed by atoms with Crippen LogP contribution in [-0.2, 0) is 34.8 Å². The van der Waals surface area contributed by atoms with E-state index in [4.69, 9.17) is 9.47 Å². The Balaban J connectivity index is 0.00000840. The van der Waals surface area contributed by atoms with Crippen molar-refractivity contribution >= 4 is 90.4 Å². The SMILES string of the molecule is CC(OC(=O)N[C@@H](C)P(=O)(O)C[C@@H](Cc1ccc(-c2ccccc2)cc1)C(=O)N[C@@H](C)C(=O)O)OC(=O)C(C)C.[NaH].[NaH]. The fourth-order valence-corrected chi connectivity index (χ4v) is 5.19. The Morgan fingerprint density at radius 1 is 0.833 bits per heavy atom. The molecule has 2 unspecified atom stereocenters. The molecule has 0 saturated heterocycles. The van der Waals surface area contributed by atoms with Gasteiger partial charge in [0.25, 0.3) is 0 Å². The first kappa shape index (κ1) is 40.3. The topological polar surface area (TPSA) is 168 Å². The van der Waals surface area contributed by atoms with E-state index in [9.17, 15) is 33.7 Å². The molecular weight excluding hydrogens is 585 g/mol. The first-order chi connectivity index (χ1) is 18.7. The predicted octanol–water partition coefficient (Wildman–Crippen LogP) is 2.69. The Kier molecular flexibility index (Phi) is 18.1. The number of carboxylic acids is 1. The molecule has 14 heteroatoms. The van der Waals surface area contributed by atoms with Gasteiger partial charge in [-0.15, -0.1) is 0 Å². The second kappa shape index (κ2) is 18.9. The molecule has 0 aliphatic heterocycles. The van der Waals surface area contributed by atoms with Gasteiger partial charge in [-0.05, 0) is 37.0 Å². The Labute approximate surface area is 290 Å². The molecule has 4 N–H and O–H groups in total. The van der Waals surface area contributed by atoms with Crippen molar-refractivity contribution in [2.45, 2.75) is 59.2 Å². The zero-order valence-electron chi connectivity index (χ0n) is 23.2. The summed E-state index contributed by atoms with van der Waals surface area (Å²) in [6.45, 7) is 7.13. The number of benzene rings is 2. The quantitative estimate of drug-likeness (QED) is 0.113. The summed E-state index contributed by atoms with van der Waals surface area (Å²) < 4.78 is 23.2. The van der Waals surface area contributed by atoms with E-state index >= 15 is 0 Å². The monoisotopic (exact) mass is 624 g/mol. The van der Waals surface area contributed by atoms with Crippen LogP contribution in [-0.4, -0.2) is 117 Å². The van der Waals surface area contributed by atoms with E-state index in [0.717, 1.165) is 11.1 Å². The summed E-state index contributed by atoms with van der Waals surface area (Å²) >= 11 is 0. The van der Waals surface area contributed by atoms with Crippen LogP contribution >= 0.6 is 7.37 Å². The van der Waals surface area contributed by atoms with Gasteiger partial charge in [0.2, 0.25) is 19.6 Å². The summed E-state index contributed by atoms with van der Waals surface area (Å²) in [6, 6.07) is 15.8. The predicted molar refractivity (Wildman–Crippen MR) is 163 cm³/mol. The van der Waals surface area contributed by atoms with Gasteiger partial charge < -0.3 is 30.1 Å². The van der Waals surface area contributed by atoms with Crippen molar-refractivity contribution in [2.24, 2.45) is 11.8 Å². The molecular formula is C28H39N2Na2O9P. The van der Waals surface area contributed by atoms with Crippen LogP contribution in [0, 0.1) is 11.8 Å². The van der Waals surface area contributed by atoms with E-state index in [0.29, 0.717) is 5.56 Å². The van der Waals surface area contributed by atoms with E-state index in [1.165, 1.54) is 20.8 Å². The van der Waals surface area contributed by atoms with Crippen LogP contribution in [0.2, 0.25) is 0 Å². The van der Waals surface area contributed by atoms with Crippen molar-refractivity contribution in [1.82, 2.24) is 10.6 Å². The number of carbonyl (C=O) groups is 4. The second-order valence-electron chi connectivity index (χ2n) is 9.86. The number of amides is 2. The number of nitrogens with one attached hydrogen (secondary N) is 2. The minimum absolute atomic E-state index is 0. The third kappa shape index (κ3) is 13.3. The van der Waals surface area contributed by atoms with E-state index in [1.807, 2.05) is 42.5 Å². The van der Waals surface area contributed by atoms with Crippen molar-refractivity contribution in [3.8, 4) is 11.1 Å². The summed E-state index contributed by atoms with van der Waals surface area (Å²) in [5.74, 6) is -5.38. The first-order valence-corrected chi connectivity index (χ1v) is 14.8. The first-order valence-electron chi connectivity index (χ1n) is 12.9. The molecule has 11 nitrogen and oxygen atoms in total. The molecule has 0 saturated carbocycles. The number of hydrogen-bond acceptors (Lipinski definition) is 7. The molecule has 0 bridgehead atoms. The normalized spacial score (nSPS) is 14.8. The number of alkyl carbamates (subject to hydrolysis) is 1. The third-order valence-electron chi connectivity index (χ3n) is 6.08. The van der Waals surface area contributed by atoms with Crippen molar-refractivity contribution in [2.75, 3.05) is 6.16 Å². The summed E-state index contributed by atoms with van der Waals surface area (Å²) in [5.41, 5.74) is 2.64. The average Bonchev–Trinajstić information content (AvgIpc) is 2.88. The molecule has 2 rings (SSSR count). The van der Waals surface area contributed by atoms with Crippen LogP contribution in [0.15, 0.2) is 54.6 Å². The summed E-state index contributed by atoms with van der Waals surface area (Å²) in [4.78, 5) is 59.0. The number of hydrogen-bond donors (Lipinski definition) is 4. The maximum absolute atomic E-state index is 13.3. The van der Waals surface area contributed by atoms with Crippen molar-refractivity contribution in [3.05, 3.63) is 60.2 Å². The minimum atomic E-state index is -4.22. The number of rotatable bonds is 13. The average molecular weight is 625 g/mol. The van der Waals surface area contributed by atoms with E-state index in [1.54, 1.807) is 26.0 Å². The van der Waals surface area contributed by atoms with E-state index < -0.39 is 67.4 Å². The Morgan fingerprint density at radius 3 is 1.90 bits per heavy atom. The second-order valence-corrected chi connectivity index (χ2v) is 12.5. The maximum atomic E-state index is 13.3. The van der Waals surface area contributed by atoms with Crippen molar-refractivity contribution in [3.63, 3.8) is 0 Å². The molecule has 0 aliphatic carbocycles. The van der Waals surface area contributed by atoms with Gasteiger partial charge in [0.1, 0.15) is 11.8 Å². The number of carbonyl (C=O) groups excluding carboxylic acids is 3. The summed E-state index contributed by atoms with van der Waals surface area (Å²) in [7, 11) is -4.22. The van der Waals surface area contributed by atoms with Crippen LogP contribution in [0.3, 0.4) is 0 Å². The third-order valence-corrected chi connectivity index (χ3v) is 8.39. The molecule has 2 amide bonds. The fraction of sp³-hybridized carbons (Fsp3) is 0.429. The molecule has 0 spiro atoms. The molecule has 2 aromatic rings. The van der Waals surface area contributed by atoms with Gasteiger partial charge in [0, 0.05) is 13.1 Å². The van der Waals surface area contributed by atoms with Gasteiger partial charge in [0.05, 0.1) is 11.8 Å². The molecule has 222 valence electrons. The van der Waals surface area contributed by atoms with Gasteiger partial charge >= 0.3 is 77.1 Å². The number of ether oxygens (including phenoxy) is 2. The van der Waals surface area contributed by atoms with Crippen LogP contribution in [0.4, 0.5) is 4.79 Å². The van der Waals surface area contributed by atoms with Gasteiger partial charge in [-0.1, -0.05) is 68.4 Å². The summed E-state index contributed by atoms with van der Waals surface area (Å²) in [5, 5.41) is 13.8. The van der Waals surface area contributed by atoms with Crippen LogP contribution < -0.4 is 10.6 Å². The Bertz CT molecular complexity index is 1230. The van der Waals surface area contributed by atoms with Crippen molar-refractivity contribution < 1.29 is 43.2 Å². The molecule has 0 fully saturated rings. The molecule has 0 radical (unpaired) electrons. The molecule has 0 aromatic heterocycles. The van der Waals surface area contributed by atoms with Gasteiger partial charge in [0.15, 0.2) is 0 Å². The van der Waals surface area contributed by atoms with E-state index in [-0.39, 0.29) is 65.5 Å². The molecule has 2 aromatic carbocycles. The number of aliphatic carboxylic acids is 1. The summed E-state index contributed by atoms with van der Waals surface area (Å²) in [6.07, 6.45) is -2.79.